The molecule has 1 fully saturated rings. The highest BCUT2D eigenvalue weighted by Gasteiger charge is 2.21. The van der Waals surface area contributed by atoms with Crippen molar-refractivity contribution in [3.63, 3.8) is 0 Å². The molecule has 3 rings (SSSR count). The van der Waals surface area contributed by atoms with Crippen LogP contribution in [0.2, 0.25) is 5.02 Å². The lowest BCUT2D eigenvalue weighted by Crippen LogP contribution is -2.44. The van der Waals surface area contributed by atoms with Crippen LogP contribution in [0.25, 0.3) is 0 Å². The molecule has 1 aliphatic rings. The van der Waals surface area contributed by atoms with Gasteiger partial charge in [0.1, 0.15) is 0 Å². The smallest absolute Gasteiger partial charge is 0.253 e. The van der Waals surface area contributed by atoms with E-state index in [1.165, 1.54) is 5.56 Å². The minimum Gasteiger partial charge on any atom is -0.481 e. The molecule has 1 aromatic carbocycles. The zero-order valence-electron chi connectivity index (χ0n) is 14.2. The van der Waals surface area contributed by atoms with Gasteiger partial charge in [0.05, 0.1) is 12.7 Å². The van der Waals surface area contributed by atoms with Gasteiger partial charge in [-0.2, -0.15) is 0 Å². The number of methoxy groups -OCH3 is 1. The summed E-state index contributed by atoms with van der Waals surface area (Å²) in [6.07, 6.45) is 3.44. The first-order valence-corrected chi connectivity index (χ1v) is 8.79. The molecule has 0 bridgehead atoms. The van der Waals surface area contributed by atoms with Crippen molar-refractivity contribution in [3.8, 4) is 5.88 Å². The number of rotatable bonds is 5. The predicted octanol–water partition coefficient (Wildman–Crippen LogP) is 3.14. The number of likely N-dealkylation sites (tertiary alicyclic amines) is 1. The summed E-state index contributed by atoms with van der Waals surface area (Å²) in [4.78, 5) is 18.8. The Morgan fingerprint density at radius 1 is 1.24 bits per heavy atom. The van der Waals surface area contributed by atoms with E-state index in [4.69, 9.17) is 16.3 Å². The van der Waals surface area contributed by atoms with Gasteiger partial charge in [-0.05, 0) is 36.6 Å². The van der Waals surface area contributed by atoms with Crippen molar-refractivity contribution in [3.05, 3.63) is 58.7 Å². The predicted molar refractivity (Wildman–Crippen MR) is 98.0 cm³/mol. The number of halogens is 1. The van der Waals surface area contributed by atoms with E-state index in [0.717, 1.165) is 37.5 Å². The van der Waals surface area contributed by atoms with Gasteiger partial charge in [0.25, 0.3) is 5.91 Å². The molecule has 1 amide bonds. The van der Waals surface area contributed by atoms with Crippen LogP contribution in [0.15, 0.2) is 42.6 Å². The summed E-state index contributed by atoms with van der Waals surface area (Å²) in [5.41, 5.74) is 1.82. The highest BCUT2D eigenvalue weighted by molar-refractivity contribution is 6.30. The molecule has 2 aromatic rings. The molecule has 1 aromatic heterocycles. The van der Waals surface area contributed by atoms with E-state index in [9.17, 15) is 4.79 Å². The summed E-state index contributed by atoms with van der Waals surface area (Å²) in [6.45, 7) is 2.85. The van der Waals surface area contributed by atoms with Crippen LogP contribution in [-0.2, 0) is 6.54 Å². The molecule has 6 heteroatoms. The maximum atomic E-state index is 12.3. The topological polar surface area (TPSA) is 54.5 Å². The number of benzene rings is 1. The Labute approximate surface area is 153 Å². The number of carbonyl (C=O) groups excluding carboxylic acids is 1. The van der Waals surface area contributed by atoms with Gasteiger partial charge >= 0.3 is 0 Å². The molecule has 0 aliphatic carbocycles. The Kier molecular flexibility index (Phi) is 5.89. The van der Waals surface area contributed by atoms with Crippen LogP contribution < -0.4 is 10.1 Å². The van der Waals surface area contributed by atoms with Gasteiger partial charge in [-0.15, -0.1) is 0 Å². The van der Waals surface area contributed by atoms with E-state index in [0.29, 0.717) is 11.4 Å². The number of hydrogen-bond donors (Lipinski definition) is 1. The number of carbonyl (C=O) groups is 1. The molecule has 0 radical (unpaired) electrons. The summed E-state index contributed by atoms with van der Waals surface area (Å²) in [7, 11) is 1.56. The molecule has 2 heterocycles. The van der Waals surface area contributed by atoms with Crippen LogP contribution in [0.4, 0.5) is 0 Å². The van der Waals surface area contributed by atoms with Gasteiger partial charge < -0.3 is 10.1 Å². The summed E-state index contributed by atoms with van der Waals surface area (Å²) in [5.74, 6) is 0.429. The maximum Gasteiger partial charge on any atom is 0.253 e. The van der Waals surface area contributed by atoms with Crippen LogP contribution >= 0.6 is 11.6 Å². The Bertz CT molecular complexity index is 696. The van der Waals surface area contributed by atoms with Crippen LogP contribution in [0, 0.1) is 0 Å². The standard InChI is InChI=1S/C19H22ClN3O2/c1-25-18-7-4-15(12-21-18)19(24)22-17-8-10-23(11-9-17)13-14-2-5-16(20)6-3-14/h2-7,12,17H,8-11,13H2,1H3,(H,22,24). The van der Waals surface area contributed by atoms with Crippen molar-refractivity contribution in [2.45, 2.75) is 25.4 Å². The maximum absolute atomic E-state index is 12.3. The summed E-state index contributed by atoms with van der Waals surface area (Å²) < 4.78 is 5.01. The zero-order chi connectivity index (χ0) is 17.6. The second-order valence-corrected chi connectivity index (χ2v) is 6.68. The number of hydrogen-bond acceptors (Lipinski definition) is 4. The van der Waals surface area contributed by atoms with Gasteiger partial charge in [0.2, 0.25) is 5.88 Å². The Morgan fingerprint density at radius 3 is 2.56 bits per heavy atom. The molecule has 0 spiro atoms. The molecule has 5 nitrogen and oxygen atoms in total. The van der Waals surface area contributed by atoms with E-state index in [1.807, 2.05) is 12.1 Å². The number of pyridine rings is 1. The van der Waals surface area contributed by atoms with Crippen LogP contribution in [0.1, 0.15) is 28.8 Å². The molecule has 0 saturated carbocycles. The normalized spacial score (nSPS) is 15.8. The van der Waals surface area contributed by atoms with E-state index in [-0.39, 0.29) is 11.9 Å². The number of nitrogens with zero attached hydrogens (tertiary/aromatic N) is 2. The molecular formula is C19H22ClN3O2. The SMILES string of the molecule is COc1ccc(C(=O)NC2CCN(Cc3ccc(Cl)cc3)CC2)cn1. The second-order valence-electron chi connectivity index (χ2n) is 6.24. The quantitative estimate of drug-likeness (QED) is 0.891. The molecule has 1 aliphatic heterocycles. The molecule has 0 unspecified atom stereocenters. The fraction of sp³-hybridized carbons (Fsp3) is 0.368. The molecule has 1 saturated heterocycles. The monoisotopic (exact) mass is 359 g/mol. The number of aromatic nitrogens is 1. The molecule has 25 heavy (non-hydrogen) atoms. The van der Waals surface area contributed by atoms with Crippen molar-refractivity contribution < 1.29 is 9.53 Å². The first kappa shape index (κ1) is 17.7. The van der Waals surface area contributed by atoms with Crippen molar-refractivity contribution in [1.29, 1.82) is 0 Å². The molecule has 1 N–H and O–H groups in total. The molecular weight excluding hydrogens is 338 g/mol. The lowest BCUT2D eigenvalue weighted by atomic mass is 10.0. The Balaban J connectivity index is 1.46. The van der Waals surface area contributed by atoms with Crippen molar-refractivity contribution in [2.75, 3.05) is 20.2 Å². The van der Waals surface area contributed by atoms with Crippen molar-refractivity contribution in [1.82, 2.24) is 15.2 Å². The highest BCUT2D eigenvalue weighted by atomic mass is 35.5. The van der Waals surface area contributed by atoms with Crippen LogP contribution in [0.3, 0.4) is 0 Å². The zero-order valence-corrected chi connectivity index (χ0v) is 15.0. The van der Waals surface area contributed by atoms with Gasteiger partial charge in [-0.1, -0.05) is 23.7 Å². The third kappa shape index (κ3) is 4.94. The summed E-state index contributed by atoms with van der Waals surface area (Å²) in [6, 6.07) is 11.6. The first-order chi connectivity index (χ1) is 12.1. The third-order valence-electron chi connectivity index (χ3n) is 4.45. The third-order valence-corrected chi connectivity index (χ3v) is 4.70. The lowest BCUT2D eigenvalue weighted by Gasteiger charge is -2.32. The summed E-state index contributed by atoms with van der Waals surface area (Å²) >= 11 is 5.92. The fourth-order valence-electron chi connectivity index (χ4n) is 2.99. The largest absolute Gasteiger partial charge is 0.481 e. The summed E-state index contributed by atoms with van der Waals surface area (Å²) in [5, 5.41) is 3.86. The number of nitrogens with one attached hydrogen (secondary N) is 1. The van der Waals surface area contributed by atoms with E-state index < -0.39 is 0 Å². The van der Waals surface area contributed by atoms with Crippen molar-refractivity contribution in [2.24, 2.45) is 0 Å². The van der Waals surface area contributed by atoms with Gasteiger partial charge in [-0.3, -0.25) is 9.69 Å². The molecule has 132 valence electrons. The number of ether oxygens (including phenoxy) is 1. The minimum atomic E-state index is -0.0775. The Morgan fingerprint density at radius 2 is 1.96 bits per heavy atom. The second kappa shape index (κ2) is 8.32. The average Bonchev–Trinajstić information content (AvgIpc) is 2.65. The van der Waals surface area contributed by atoms with E-state index in [1.54, 1.807) is 25.4 Å². The van der Waals surface area contributed by atoms with Crippen LogP contribution in [0.5, 0.6) is 5.88 Å². The van der Waals surface area contributed by atoms with Gasteiger partial charge in [-0.25, -0.2) is 4.98 Å². The van der Waals surface area contributed by atoms with Gasteiger partial charge in [0, 0.05) is 43.0 Å². The van der Waals surface area contributed by atoms with E-state index >= 15 is 0 Å². The lowest BCUT2D eigenvalue weighted by molar-refractivity contribution is 0.0908. The number of piperidine rings is 1. The highest BCUT2D eigenvalue weighted by Crippen LogP contribution is 2.16. The van der Waals surface area contributed by atoms with Crippen molar-refractivity contribution >= 4 is 17.5 Å². The number of amides is 1. The fourth-order valence-corrected chi connectivity index (χ4v) is 3.11. The van der Waals surface area contributed by atoms with Crippen LogP contribution in [-0.4, -0.2) is 42.0 Å². The van der Waals surface area contributed by atoms with Gasteiger partial charge in [0.15, 0.2) is 0 Å². The minimum absolute atomic E-state index is 0.0775. The Hall–Kier alpha value is -2.11. The van der Waals surface area contributed by atoms with E-state index in [2.05, 4.69) is 27.3 Å². The molecule has 0 atom stereocenters. The first-order valence-electron chi connectivity index (χ1n) is 8.42. The average molecular weight is 360 g/mol.